The van der Waals surface area contributed by atoms with Crippen molar-refractivity contribution >= 4 is 35.2 Å². The number of aliphatic carboxylic acids is 1. The van der Waals surface area contributed by atoms with E-state index < -0.39 is 11.2 Å². The monoisotopic (exact) mass is 310 g/mol. The minimum absolute atomic E-state index is 0.0925. The Hall–Kier alpha value is -2.02. The fraction of sp³-hybridized carbons (Fsp3) is 0.357. The number of thioether (sulfide) groups is 1. The highest BCUT2D eigenvalue weighted by Gasteiger charge is 2.15. The Morgan fingerprint density at radius 1 is 1.24 bits per heavy atom. The van der Waals surface area contributed by atoms with Gasteiger partial charge in [-0.3, -0.25) is 14.4 Å². The van der Waals surface area contributed by atoms with Crippen molar-refractivity contribution in [3.8, 4) is 0 Å². The van der Waals surface area contributed by atoms with E-state index in [-0.39, 0.29) is 30.5 Å². The molecule has 0 bridgehead atoms. The van der Waals surface area contributed by atoms with E-state index in [0.717, 1.165) is 0 Å². The molecule has 1 rings (SSSR count). The zero-order valence-electron chi connectivity index (χ0n) is 11.7. The average molecular weight is 310 g/mol. The lowest BCUT2D eigenvalue weighted by Gasteiger charge is -2.11. The predicted molar refractivity (Wildman–Crippen MR) is 82.3 cm³/mol. The molecule has 0 saturated heterocycles. The Balaban J connectivity index is 2.25. The molecule has 1 aromatic carbocycles. The number of benzene rings is 1. The van der Waals surface area contributed by atoms with Gasteiger partial charge in [-0.05, 0) is 19.1 Å². The Kier molecular flexibility index (Phi) is 7.31. The summed E-state index contributed by atoms with van der Waals surface area (Å²) in [5, 5.41) is 13.3. The van der Waals surface area contributed by atoms with Crippen molar-refractivity contribution in [1.82, 2.24) is 5.32 Å². The van der Waals surface area contributed by atoms with Gasteiger partial charge in [0.25, 0.3) is 0 Å². The van der Waals surface area contributed by atoms with Crippen LogP contribution in [0.2, 0.25) is 0 Å². The number of rotatable bonds is 8. The van der Waals surface area contributed by atoms with Crippen LogP contribution in [0.4, 0.5) is 5.69 Å². The van der Waals surface area contributed by atoms with Gasteiger partial charge in [0.05, 0.1) is 17.4 Å². The number of carbonyl (C=O) groups excluding carboxylic acids is 2. The molecular formula is C14H18N2O4S. The van der Waals surface area contributed by atoms with Crippen LogP contribution in [0.3, 0.4) is 0 Å². The minimum Gasteiger partial charge on any atom is -0.481 e. The van der Waals surface area contributed by atoms with E-state index in [9.17, 15) is 14.4 Å². The molecule has 1 unspecified atom stereocenters. The number of carboxylic acid groups (broad SMARTS) is 1. The minimum atomic E-state index is -0.960. The van der Waals surface area contributed by atoms with Crippen LogP contribution in [0.25, 0.3) is 0 Å². The first-order chi connectivity index (χ1) is 9.99. The van der Waals surface area contributed by atoms with Crippen LogP contribution in [0, 0.1) is 0 Å². The molecule has 0 aliphatic carbocycles. The van der Waals surface area contributed by atoms with Gasteiger partial charge in [-0.25, -0.2) is 0 Å². The summed E-state index contributed by atoms with van der Waals surface area (Å²) < 4.78 is 0. The van der Waals surface area contributed by atoms with Gasteiger partial charge in [0.1, 0.15) is 0 Å². The summed E-state index contributed by atoms with van der Waals surface area (Å²) in [5.74, 6) is -1.26. The van der Waals surface area contributed by atoms with Gasteiger partial charge in [0, 0.05) is 12.2 Å². The number of anilines is 1. The predicted octanol–water partition coefficient (Wildman–Crippen LogP) is 1.34. The molecule has 0 spiro atoms. The van der Waals surface area contributed by atoms with Gasteiger partial charge in [-0.2, -0.15) is 0 Å². The van der Waals surface area contributed by atoms with Gasteiger partial charge in [0.15, 0.2) is 0 Å². The van der Waals surface area contributed by atoms with E-state index in [4.69, 9.17) is 5.11 Å². The van der Waals surface area contributed by atoms with Crippen LogP contribution in [0.1, 0.15) is 13.3 Å². The Bertz CT molecular complexity index is 493. The molecule has 0 aliphatic heterocycles. The molecule has 3 N–H and O–H groups in total. The number of hydrogen-bond donors (Lipinski definition) is 3. The fourth-order valence-corrected chi connectivity index (χ4v) is 2.14. The molecule has 0 saturated carbocycles. The maximum Gasteiger partial charge on any atom is 0.305 e. The number of hydrogen-bond acceptors (Lipinski definition) is 4. The van der Waals surface area contributed by atoms with Gasteiger partial charge in [0.2, 0.25) is 11.8 Å². The highest BCUT2D eigenvalue weighted by Crippen LogP contribution is 2.12. The molecule has 2 amide bonds. The van der Waals surface area contributed by atoms with Crippen molar-refractivity contribution in [3.63, 3.8) is 0 Å². The molecule has 6 nitrogen and oxygen atoms in total. The molecule has 0 aromatic heterocycles. The third-order valence-electron chi connectivity index (χ3n) is 2.53. The van der Waals surface area contributed by atoms with Crippen molar-refractivity contribution in [3.05, 3.63) is 30.3 Å². The standard InChI is InChI=1S/C14H18N2O4S/c1-10(14(20)15-8-7-13(18)19)21-9-12(17)16-11-5-3-2-4-6-11/h2-6,10H,7-9H2,1H3,(H,15,20)(H,16,17)(H,18,19). The lowest BCUT2D eigenvalue weighted by Crippen LogP contribution is -2.33. The van der Waals surface area contributed by atoms with E-state index in [1.54, 1.807) is 19.1 Å². The summed E-state index contributed by atoms with van der Waals surface area (Å²) in [7, 11) is 0. The first-order valence-electron chi connectivity index (χ1n) is 6.45. The average Bonchev–Trinajstić information content (AvgIpc) is 2.45. The SMILES string of the molecule is CC(SCC(=O)Nc1ccccc1)C(=O)NCCC(=O)O. The Morgan fingerprint density at radius 3 is 2.52 bits per heavy atom. The molecule has 0 fully saturated rings. The zero-order valence-corrected chi connectivity index (χ0v) is 12.5. The summed E-state index contributed by atoms with van der Waals surface area (Å²) in [5.41, 5.74) is 0.710. The van der Waals surface area contributed by atoms with Crippen LogP contribution < -0.4 is 10.6 Å². The number of carboxylic acids is 1. The topological polar surface area (TPSA) is 95.5 Å². The molecule has 0 aliphatic rings. The third-order valence-corrected chi connectivity index (χ3v) is 3.67. The van der Waals surface area contributed by atoms with E-state index in [2.05, 4.69) is 10.6 Å². The molecule has 21 heavy (non-hydrogen) atoms. The lowest BCUT2D eigenvalue weighted by atomic mass is 10.3. The molecule has 1 atom stereocenters. The van der Waals surface area contributed by atoms with Crippen molar-refractivity contribution in [1.29, 1.82) is 0 Å². The number of carbonyl (C=O) groups is 3. The fourth-order valence-electron chi connectivity index (χ4n) is 1.43. The summed E-state index contributed by atoms with van der Waals surface area (Å²) in [6.45, 7) is 1.77. The lowest BCUT2D eigenvalue weighted by molar-refractivity contribution is -0.137. The van der Waals surface area contributed by atoms with Crippen LogP contribution in [0.15, 0.2) is 30.3 Å². The highest BCUT2D eigenvalue weighted by atomic mass is 32.2. The summed E-state index contributed by atoms with van der Waals surface area (Å²) in [6, 6.07) is 9.06. The molecule has 0 radical (unpaired) electrons. The summed E-state index contributed by atoms with van der Waals surface area (Å²) in [6.07, 6.45) is -0.113. The second-order valence-corrected chi connectivity index (χ2v) is 5.63. The molecular weight excluding hydrogens is 292 g/mol. The van der Waals surface area contributed by atoms with Gasteiger partial charge in [-0.1, -0.05) is 18.2 Å². The maximum absolute atomic E-state index is 11.7. The Labute approximate surface area is 127 Å². The normalized spacial score (nSPS) is 11.5. The molecule has 114 valence electrons. The quantitative estimate of drug-likeness (QED) is 0.673. The second-order valence-electron chi connectivity index (χ2n) is 4.30. The summed E-state index contributed by atoms with van der Waals surface area (Å²) >= 11 is 1.20. The van der Waals surface area contributed by atoms with Crippen LogP contribution >= 0.6 is 11.8 Å². The second kappa shape index (κ2) is 9.02. The zero-order chi connectivity index (χ0) is 15.7. The van der Waals surface area contributed by atoms with E-state index >= 15 is 0 Å². The summed E-state index contributed by atoms with van der Waals surface area (Å²) in [4.78, 5) is 33.7. The molecule has 0 heterocycles. The van der Waals surface area contributed by atoms with Crippen LogP contribution in [-0.4, -0.2) is 40.4 Å². The van der Waals surface area contributed by atoms with Crippen LogP contribution in [0.5, 0.6) is 0 Å². The van der Waals surface area contributed by atoms with Crippen molar-refractivity contribution < 1.29 is 19.5 Å². The first-order valence-corrected chi connectivity index (χ1v) is 7.50. The highest BCUT2D eigenvalue weighted by molar-refractivity contribution is 8.01. The van der Waals surface area contributed by atoms with Crippen molar-refractivity contribution in [2.45, 2.75) is 18.6 Å². The number of amides is 2. The molecule has 7 heteroatoms. The van der Waals surface area contributed by atoms with Crippen molar-refractivity contribution in [2.75, 3.05) is 17.6 Å². The van der Waals surface area contributed by atoms with Crippen molar-refractivity contribution in [2.24, 2.45) is 0 Å². The largest absolute Gasteiger partial charge is 0.481 e. The van der Waals surface area contributed by atoms with E-state index in [0.29, 0.717) is 5.69 Å². The smallest absolute Gasteiger partial charge is 0.305 e. The van der Waals surface area contributed by atoms with Crippen LogP contribution in [-0.2, 0) is 14.4 Å². The maximum atomic E-state index is 11.7. The van der Waals surface area contributed by atoms with E-state index in [1.807, 2.05) is 18.2 Å². The number of para-hydroxylation sites is 1. The third kappa shape index (κ3) is 7.36. The van der Waals surface area contributed by atoms with Gasteiger partial charge in [-0.15, -0.1) is 11.8 Å². The Morgan fingerprint density at radius 2 is 1.90 bits per heavy atom. The number of nitrogens with one attached hydrogen (secondary N) is 2. The van der Waals surface area contributed by atoms with Gasteiger partial charge < -0.3 is 15.7 Å². The molecule has 1 aromatic rings. The van der Waals surface area contributed by atoms with Gasteiger partial charge >= 0.3 is 5.97 Å². The first kappa shape index (κ1) is 17.0. The van der Waals surface area contributed by atoms with E-state index in [1.165, 1.54) is 11.8 Å².